The molecule has 1 aromatic heterocycles. The summed E-state index contributed by atoms with van der Waals surface area (Å²) in [5.74, 6) is -0.261. The number of hydrogen-bond acceptors (Lipinski definition) is 3. The van der Waals surface area contributed by atoms with E-state index >= 15 is 0 Å². The molecule has 22 heavy (non-hydrogen) atoms. The molecule has 5 heteroatoms. The van der Waals surface area contributed by atoms with Crippen molar-refractivity contribution in [1.82, 2.24) is 9.55 Å². The number of nitrogens with zero attached hydrogens (tertiary/aromatic N) is 2. The van der Waals surface area contributed by atoms with Crippen LogP contribution in [0.2, 0.25) is 0 Å². The maximum atomic E-state index is 11.3. The first-order valence-electron chi connectivity index (χ1n) is 6.99. The predicted octanol–water partition coefficient (Wildman–Crippen LogP) is 2.99. The number of aromatic nitrogens is 2. The van der Waals surface area contributed by atoms with Gasteiger partial charge in [0.2, 0.25) is 0 Å². The van der Waals surface area contributed by atoms with Crippen LogP contribution in [0.4, 0.5) is 0 Å². The third-order valence-electron chi connectivity index (χ3n) is 3.69. The van der Waals surface area contributed by atoms with E-state index in [1.54, 1.807) is 31.6 Å². The Morgan fingerprint density at radius 1 is 1.27 bits per heavy atom. The van der Waals surface area contributed by atoms with Gasteiger partial charge in [-0.1, -0.05) is 12.1 Å². The predicted molar refractivity (Wildman–Crippen MR) is 83.4 cm³/mol. The highest BCUT2D eigenvalue weighted by Crippen LogP contribution is 2.20. The average molecular weight is 296 g/mol. The number of carbonyl (C=O) groups is 1. The van der Waals surface area contributed by atoms with Crippen molar-refractivity contribution in [3.8, 4) is 5.75 Å². The molecule has 0 aliphatic heterocycles. The minimum atomic E-state index is -0.923. The van der Waals surface area contributed by atoms with E-state index in [0.29, 0.717) is 24.3 Å². The van der Waals surface area contributed by atoms with Gasteiger partial charge in [0.15, 0.2) is 0 Å². The van der Waals surface area contributed by atoms with Gasteiger partial charge in [-0.15, -0.1) is 0 Å². The highest BCUT2D eigenvalue weighted by Gasteiger charge is 2.11. The van der Waals surface area contributed by atoms with Gasteiger partial charge >= 0.3 is 5.97 Å². The van der Waals surface area contributed by atoms with Crippen LogP contribution < -0.4 is 4.74 Å². The Morgan fingerprint density at radius 3 is 2.86 bits per heavy atom. The Hall–Kier alpha value is -2.82. The zero-order chi connectivity index (χ0) is 15.5. The molecule has 0 atom stereocenters. The fourth-order valence-electron chi connectivity index (χ4n) is 2.54. The van der Waals surface area contributed by atoms with Crippen LogP contribution in [0, 0.1) is 0 Å². The fourth-order valence-corrected chi connectivity index (χ4v) is 2.54. The summed E-state index contributed by atoms with van der Waals surface area (Å²) in [4.78, 5) is 15.7. The van der Waals surface area contributed by atoms with Crippen molar-refractivity contribution in [2.45, 2.75) is 13.0 Å². The molecule has 3 aromatic rings. The van der Waals surface area contributed by atoms with Gasteiger partial charge in [-0.3, -0.25) is 0 Å². The van der Waals surface area contributed by atoms with E-state index < -0.39 is 5.97 Å². The Labute approximate surface area is 127 Å². The summed E-state index contributed by atoms with van der Waals surface area (Å²) in [6.07, 6.45) is 2.38. The third kappa shape index (κ3) is 2.65. The molecule has 2 aromatic carbocycles. The van der Waals surface area contributed by atoms with Gasteiger partial charge in [0, 0.05) is 6.54 Å². The van der Waals surface area contributed by atoms with Crippen molar-refractivity contribution in [2.24, 2.45) is 0 Å². The van der Waals surface area contributed by atoms with Gasteiger partial charge in [-0.2, -0.15) is 0 Å². The summed E-state index contributed by atoms with van der Waals surface area (Å²) >= 11 is 0. The Bertz CT molecular complexity index is 824. The molecular weight excluding hydrogens is 280 g/mol. The van der Waals surface area contributed by atoms with Crippen molar-refractivity contribution < 1.29 is 14.6 Å². The number of benzene rings is 2. The first-order valence-corrected chi connectivity index (χ1v) is 6.99. The van der Waals surface area contributed by atoms with Gasteiger partial charge in [0.05, 0.1) is 30.0 Å². The Kier molecular flexibility index (Phi) is 3.78. The van der Waals surface area contributed by atoms with E-state index in [-0.39, 0.29) is 0 Å². The molecule has 0 aliphatic rings. The molecule has 1 N–H and O–H groups in total. The molecule has 0 aliphatic carbocycles. The summed E-state index contributed by atoms with van der Waals surface area (Å²) < 4.78 is 7.21. The quantitative estimate of drug-likeness (QED) is 0.786. The number of fused-ring (bicyclic) bond motifs is 1. The Morgan fingerprint density at radius 2 is 2.09 bits per heavy atom. The monoisotopic (exact) mass is 296 g/mol. The lowest BCUT2D eigenvalue weighted by Crippen LogP contribution is -2.07. The molecule has 112 valence electrons. The second-order valence-corrected chi connectivity index (χ2v) is 5.00. The number of rotatable bonds is 5. The summed E-state index contributed by atoms with van der Waals surface area (Å²) in [7, 11) is 1.57. The number of methoxy groups -OCH3 is 1. The van der Waals surface area contributed by atoms with Crippen LogP contribution >= 0.6 is 0 Å². The highest BCUT2D eigenvalue weighted by atomic mass is 16.5. The molecule has 0 saturated heterocycles. The van der Waals surface area contributed by atoms with Crippen LogP contribution in [0.15, 0.2) is 48.8 Å². The summed E-state index contributed by atoms with van der Waals surface area (Å²) in [6, 6.07) is 12.9. The number of ether oxygens (including phenoxy) is 1. The fraction of sp³-hybridized carbons (Fsp3) is 0.176. The summed E-state index contributed by atoms with van der Waals surface area (Å²) in [6.45, 7) is 0.661. The number of aryl methyl sites for hydroxylation is 2. The van der Waals surface area contributed by atoms with Crippen molar-refractivity contribution in [3.63, 3.8) is 0 Å². The highest BCUT2D eigenvalue weighted by molar-refractivity contribution is 5.89. The SMILES string of the molecule is COc1ccc(C(=O)O)c(CCn2cnc3ccccc32)c1. The van der Waals surface area contributed by atoms with Crippen LogP contribution in [-0.2, 0) is 13.0 Å². The second-order valence-electron chi connectivity index (χ2n) is 5.00. The van der Waals surface area contributed by atoms with Crippen LogP contribution in [0.25, 0.3) is 11.0 Å². The third-order valence-corrected chi connectivity index (χ3v) is 3.69. The number of imidazole rings is 1. The standard InChI is InChI=1S/C17H16N2O3/c1-22-13-6-7-14(17(20)21)12(10-13)8-9-19-11-18-15-4-2-3-5-16(15)19/h2-7,10-11H,8-9H2,1H3,(H,20,21). The second kappa shape index (κ2) is 5.89. The number of carboxylic acid groups (broad SMARTS) is 1. The normalized spacial score (nSPS) is 10.8. The van der Waals surface area contributed by atoms with Gasteiger partial charge in [-0.05, 0) is 42.3 Å². The number of para-hydroxylation sites is 2. The molecule has 0 amide bonds. The number of aromatic carboxylic acids is 1. The molecular formula is C17H16N2O3. The molecule has 3 rings (SSSR count). The molecule has 0 bridgehead atoms. The van der Waals surface area contributed by atoms with Gasteiger partial charge in [-0.25, -0.2) is 9.78 Å². The molecule has 5 nitrogen and oxygen atoms in total. The Balaban J connectivity index is 1.88. The summed E-state index contributed by atoms with van der Waals surface area (Å²) in [5, 5.41) is 9.30. The van der Waals surface area contributed by atoms with Crippen LogP contribution in [0.1, 0.15) is 15.9 Å². The van der Waals surface area contributed by atoms with Crippen LogP contribution in [0.3, 0.4) is 0 Å². The lowest BCUT2D eigenvalue weighted by Gasteiger charge is -2.10. The lowest BCUT2D eigenvalue weighted by atomic mass is 10.0. The van der Waals surface area contributed by atoms with Crippen LogP contribution in [-0.4, -0.2) is 27.7 Å². The van der Waals surface area contributed by atoms with Crippen LogP contribution in [0.5, 0.6) is 5.75 Å². The average Bonchev–Trinajstić information content (AvgIpc) is 2.95. The van der Waals surface area contributed by atoms with E-state index in [9.17, 15) is 9.90 Å². The van der Waals surface area contributed by atoms with Crippen molar-refractivity contribution in [2.75, 3.05) is 7.11 Å². The van der Waals surface area contributed by atoms with Gasteiger partial charge in [0.1, 0.15) is 5.75 Å². The lowest BCUT2D eigenvalue weighted by molar-refractivity contribution is 0.0695. The van der Waals surface area contributed by atoms with Gasteiger partial charge in [0.25, 0.3) is 0 Å². The van der Waals surface area contributed by atoms with E-state index in [1.807, 2.05) is 28.8 Å². The molecule has 0 saturated carbocycles. The number of hydrogen-bond donors (Lipinski definition) is 1. The number of carboxylic acids is 1. The van der Waals surface area contributed by atoms with Crippen molar-refractivity contribution >= 4 is 17.0 Å². The molecule has 0 fully saturated rings. The largest absolute Gasteiger partial charge is 0.497 e. The van der Waals surface area contributed by atoms with Gasteiger partial charge < -0.3 is 14.4 Å². The maximum Gasteiger partial charge on any atom is 0.335 e. The molecule has 0 spiro atoms. The van der Waals surface area contributed by atoms with Crippen molar-refractivity contribution in [1.29, 1.82) is 0 Å². The van der Waals surface area contributed by atoms with E-state index in [0.717, 1.165) is 16.6 Å². The molecule has 1 heterocycles. The zero-order valence-corrected chi connectivity index (χ0v) is 12.2. The minimum absolute atomic E-state index is 0.310. The van der Waals surface area contributed by atoms with E-state index in [4.69, 9.17) is 4.74 Å². The topological polar surface area (TPSA) is 64.3 Å². The van der Waals surface area contributed by atoms with Crippen molar-refractivity contribution in [3.05, 3.63) is 59.9 Å². The molecule has 0 radical (unpaired) electrons. The van der Waals surface area contributed by atoms with E-state index in [1.165, 1.54) is 0 Å². The van der Waals surface area contributed by atoms with E-state index in [2.05, 4.69) is 4.98 Å². The maximum absolute atomic E-state index is 11.3. The first-order chi connectivity index (χ1) is 10.7. The minimum Gasteiger partial charge on any atom is -0.497 e. The smallest absolute Gasteiger partial charge is 0.335 e. The zero-order valence-electron chi connectivity index (χ0n) is 12.2. The summed E-state index contributed by atoms with van der Waals surface area (Å²) in [5.41, 5.74) is 3.05. The first kappa shape index (κ1) is 14.1. The molecule has 0 unspecified atom stereocenters.